The Bertz CT molecular complexity index is 436. The van der Waals surface area contributed by atoms with E-state index in [1.165, 1.54) is 50.2 Å². The topological polar surface area (TPSA) is 6.48 Å². The molecule has 1 aromatic rings. The molecule has 0 amide bonds. The lowest BCUT2D eigenvalue weighted by atomic mass is 9.92. The number of fused-ring (bicyclic) bond motifs is 1. The Balaban J connectivity index is 1.82. The Morgan fingerprint density at radius 3 is 2.76 bits per heavy atom. The maximum absolute atomic E-state index is 2.78. The van der Waals surface area contributed by atoms with Crippen LogP contribution in [0.4, 0.5) is 0 Å². The first-order chi connectivity index (χ1) is 10.3. The number of piperidine rings is 1. The SMILES string of the molecule is CSCC(C)N1CC2CCCCN2CC1c1ccccc1. The van der Waals surface area contributed by atoms with Gasteiger partial charge in [0.05, 0.1) is 0 Å². The molecule has 0 spiro atoms. The van der Waals surface area contributed by atoms with E-state index >= 15 is 0 Å². The summed E-state index contributed by atoms with van der Waals surface area (Å²) in [6, 6.07) is 13.2. The van der Waals surface area contributed by atoms with E-state index in [0.717, 1.165) is 6.04 Å². The van der Waals surface area contributed by atoms with E-state index < -0.39 is 0 Å². The molecule has 3 unspecified atom stereocenters. The van der Waals surface area contributed by atoms with E-state index in [0.29, 0.717) is 12.1 Å². The van der Waals surface area contributed by atoms with Crippen LogP contribution in [0.3, 0.4) is 0 Å². The van der Waals surface area contributed by atoms with Crippen molar-refractivity contribution in [3.8, 4) is 0 Å². The molecule has 2 fully saturated rings. The molecule has 3 heteroatoms. The highest BCUT2D eigenvalue weighted by atomic mass is 32.2. The summed E-state index contributed by atoms with van der Waals surface area (Å²) in [7, 11) is 0. The summed E-state index contributed by atoms with van der Waals surface area (Å²) in [5.41, 5.74) is 1.49. The van der Waals surface area contributed by atoms with Crippen molar-refractivity contribution in [2.24, 2.45) is 0 Å². The Morgan fingerprint density at radius 1 is 1.19 bits per heavy atom. The monoisotopic (exact) mass is 304 g/mol. The fourth-order valence-corrected chi connectivity index (χ4v) is 4.67. The number of hydrogen-bond donors (Lipinski definition) is 0. The summed E-state index contributed by atoms with van der Waals surface area (Å²) < 4.78 is 0. The first-order valence-corrected chi connectivity index (χ1v) is 9.72. The van der Waals surface area contributed by atoms with Gasteiger partial charge >= 0.3 is 0 Å². The largest absolute Gasteiger partial charge is 0.297 e. The van der Waals surface area contributed by atoms with Crippen LogP contribution in [0.25, 0.3) is 0 Å². The molecule has 0 radical (unpaired) electrons. The highest BCUT2D eigenvalue weighted by Crippen LogP contribution is 2.33. The normalized spacial score (nSPS) is 29.0. The van der Waals surface area contributed by atoms with Gasteiger partial charge < -0.3 is 0 Å². The molecule has 21 heavy (non-hydrogen) atoms. The lowest BCUT2D eigenvalue weighted by molar-refractivity contribution is -0.00696. The zero-order chi connectivity index (χ0) is 14.7. The van der Waals surface area contributed by atoms with Crippen molar-refractivity contribution in [2.45, 2.75) is 44.3 Å². The summed E-state index contributed by atoms with van der Waals surface area (Å²) >= 11 is 1.97. The third kappa shape index (κ3) is 3.46. The number of thioether (sulfide) groups is 1. The van der Waals surface area contributed by atoms with Crippen molar-refractivity contribution < 1.29 is 0 Å². The number of benzene rings is 1. The van der Waals surface area contributed by atoms with Gasteiger partial charge in [-0.3, -0.25) is 9.80 Å². The summed E-state index contributed by atoms with van der Waals surface area (Å²) in [6.07, 6.45) is 6.43. The van der Waals surface area contributed by atoms with Gasteiger partial charge in [0.2, 0.25) is 0 Å². The van der Waals surface area contributed by atoms with Crippen LogP contribution in [-0.2, 0) is 0 Å². The van der Waals surface area contributed by atoms with Gasteiger partial charge in [-0.25, -0.2) is 0 Å². The number of nitrogens with zero attached hydrogens (tertiary/aromatic N) is 2. The van der Waals surface area contributed by atoms with Gasteiger partial charge in [0.25, 0.3) is 0 Å². The minimum atomic E-state index is 0.572. The summed E-state index contributed by atoms with van der Waals surface area (Å²) in [6.45, 7) is 6.18. The minimum absolute atomic E-state index is 0.572. The molecule has 0 N–H and O–H groups in total. The lowest BCUT2D eigenvalue weighted by Crippen LogP contribution is -2.58. The van der Waals surface area contributed by atoms with Crippen LogP contribution < -0.4 is 0 Å². The Labute approximate surface area is 133 Å². The van der Waals surface area contributed by atoms with E-state index in [4.69, 9.17) is 0 Å². The highest BCUT2D eigenvalue weighted by molar-refractivity contribution is 7.98. The summed E-state index contributed by atoms with van der Waals surface area (Å²) in [5, 5.41) is 0. The van der Waals surface area contributed by atoms with Crippen LogP contribution in [-0.4, -0.2) is 53.5 Å². The third-order valence-corrected chi connectivity index (χ3v) is 5.95. The van der Waals surface area contributed by atoms with Crippen LogP contribution in [0.15, 0.2) is 30.3 Å². The van der Waals surface area contributed by atoms with E-state index in [2.05, 4.69) is 53.3 Å². The van der Waals surface area contributed by atoms with Crippen LogP contribution in [0.5, 0.6) is 0 Å². The van der Waals surface area contributed by atoms with Crippen molar-refractivity contribution in [1.82, 2.24) is 9.80 Å². The fourth-order valence-electron chi connectivity index (χ4n) is 4.00. The second kappa shape index (κ2) is 7.17. The van der Waals surface area contributed by atoms with E-state index in [9.17, 15) is 0 Å². The van der Waals surface area contributed by atoms with Gasteiger partial charge in [0.15, 0.2) is 0 Å². The number of hydrogen-bond acceptors (Lipinski definition) is 3. The zero-order valence-electron chi connectivity index (χ0n) is 13.4. The predicted molar refractivity (Wildman–Crippen MR) is 92.9 cm³/mol. The number of piperazine rings is 1. The molecule has 2 aliphatic rings. The van der Waals surface area contributed by atoms with Crippen molar-refractivity contribution in [1.29, 1.82) is 0 Å². The highest BCUT2D eigenvalue weighted by Gasteiger charge is 2.37. The smallest absolute Gasteiger partial charge is 0.0479 e. The van der Waals surface area contributed by atoms with Gasteiger partial charge in [0, 0.05) is 37.0 Å². The number of rotatable bonds is 4. The second-order valence-corrected chi connectivity index (χ2v) is 7.48. The van der Waals surface area contributed by atoms with E-state index in [1.54, 1.807) is 0 Å². The van der Waals surface area contributed by atoms with Crippen molar-refractivity contribution in [3.05, 3.63) is 35.9 Å². The molecule has 3 atom stereocenters. The molecule has 0 aliphatic carbocycles. The molecule has 2 heterocycles. The van der Waals surface area contributed by atoms with E-state index in [-0.39, 0.29) is 0 Å². The molecule has 1 aromatic carbocycles. The predicted octanol–water partition coefficient (Wildman–Crippen LogP) is 3.65. The molecule has 2 saturated heterocycles. The minimum Gasteiger partial charge on any atom is -0.297 e. The lowest BCUT2D eigenvalue weighted by Gasteiger charge is -2.50. The zero-order valence-corrected chi connectivity index (χ0v) is 14.2. The molecule has 116 valence electrons. The standard InChI is InChI=1S/C18H28N2S/c1-15(14-21-2)20-12-17-10-6-7-11-19(17)13-18(20)16-8-4-3-5-9-16/h3-5,8-9,15,17-18H,6-7,10-14H2,1-2H3. The Kier molecular flexibility index (Phi) is 5.25. The molecule has 0 bridgehead atoms. The summed E-state index contributed by atoms with van der Waals surface area (Å²) in [4.78, 5) is 5.53. The van der Waals surface area contributed by atoms with Crippen LogP contribution in [0.2, 0.25) is 0 Å². The fraction of sp³-hybridized carbons (Fsp3) is 0.667. The van der Waals surface area contributed by atoms with Gasteiger partial charge in [-0.2, -0.15) is 11.8 Å². The summed E-state index contributed by atoms with van der Waals surface area (Å²) in [5.74, 6) is 1.23. The molecular weight excluding hydrogens is 276 g/mol. The molecule has 0 saturated carbocycles. The van der Waals surface area contributed by atoms with Gasteiger partial charge in [0.1, 0.15) is 0 Å². The van der Waals surface area contributed by atoms with Gasteiger partial charge in [-0.1, -0.05) is 36.8 Å². The van der Waals surface area contributed by atoms with Crippen LogP contribution in [0, 0.1) is 0 Å². The van der Waals surface area contributed by atoms with E-state index in [1.807, 2.05) is 11.8 Å². The van der Waals surface area contributed by atoms with Crippen molar-refractivity contribution in [2.75, 3.05) is 31.6 Å². The van der Waals surface area contributed by atoms with Gasteiger partial charge in [-0.15, -0.1) is 0 Å². The maximum atomic E-state index is 2.78. The molecule has 2 nitrogen and oxygen atoms in total. The van der Waals surface area contributed by atoms with Crippen LogP contribution in [0.1, 0.15) is 37.8 Å². The van der Waals surface area contributed by atoms with Crippen molar-refractivity contribution in [3.63, 3.8) is 0 Å². The van der Waals surface area contributed by atoms with Crippen LogP contribution >= 0.6 is 11.8 Å². The molecular formula is C18H28N2S. The molecule has 3 rings (SSSR count). The molecule has 2 aliphatic heterocycles. The average Bonchev–Trinajstić information content (AvgIpc) is 2.54. The molecule has 0 aromatic heterocycles. The van der Waals surface area contributed by atoms with Crippen molar-refractivity contribution >= 4 is 11.8 Å². The third-order valence-electron chi connectivity index (χ3n) is 5.14. The Hall–Kier alpha value is -0.510. The Morgan fingerprint density at radius 2 is 2.00 bits per heavy atom. The first-order valence-electron chi connectivity index (χ1n) is 8.33. The quantitative estimate of drug-likeness (QED) is 0.838. The first kappa shape index (κ1) is 15.4. The second-order valence-electron chi connectivity index (χ2n) is 6.57. The average molecular weight is 305 g/mol. The van der Waals surface area contributed by atoms with Gasteiger partial charge in [-0.05, 0) is 38.1 Å². The maximum Gasteiger partial charge on any atom is 0.0479 e.